The van der Waals surface area contributed by atoms with Crippen LogP contribution < -0.4 is 5.32 Å². The highest BCUT2D eigenvalue weighted by atomic mass is 16.2. The van der Waals surface area contributed by atoms with Crippen LogP contribution in [-0.4, -0.2) is 28.0 Å². The molecule has 0 aliphatic rings. The van der Waals surface area contributed by atoms with Crippen LogP contribution in [0.5, 0.6) is 0 Å². The molecule has 0 saturated heterocycles. The number of hydrogen-bond acceptors (Lipinski definition) is 3. The Labute approximate surface area is 91.1 Å². The van der Waals surface area contributed by atoms with E-state index in [1.807, 2.05) is 13.1 Å². The predicted molar refractivity (Wildman–Crippen MR) is 60.7 cm³/mol. The third kappa shape index (κ3) is 3.64. The first-order valence-corrected chi connectivity index (χ1v) is 5.52. The number of aliphatic hydroxyl groups is 1. The summed E-state index contributed by atoms with van der Waals surface area (Å²) in [7, 11) is 0. The third-order valence-corrected chi connectivity index (χ3v) is 2.67. The Morgan fingerprint density at radius 3 is 2.80 bits per heavy atom. The van der Waals surface area contributed by atoms with Gasteiger partial charge in [-0.25, -0.2) is 0 Å². The zero-order valence-electron chi connectivity index (χ0n) is 9.75. The van der Waals surface area contributed by atoms with Crippen molar-refractivity contribution >= 4 is 0 Å². The average Bonchev–Trinajstić information content (AvgIpc) is 2.61. The number of aliphatic hydroxyl groups excluding tert-OH is 1. The van der Waals surface area contributed by atoms with Gasteiger partial charge < -0.3 is 10.4 Å². The Balaban J connectivity index is 2.42. The Hall–Kier alpha value is -0.870. The van der Waals surface area contributed by atoms with E-state index in [1.54, 1.807) is 0 Å². The number of nitrogens with one attached hydrogen (secondary N) is 2. The van der Waals surface area contributed by atoms with Gasteiger partial charge >= 0.3 is 0 Å². The number of aromatic nitrogens is 2. The van der Waals surface area contributed by atoms with Crippen molar-refractivity contribution < 1.29 is 5.11 Å². The Morgan fingerprint density at radius 2 is 2.27 bits per heavy atom. The minimum atomic E-state index is 0.269. The Kier molecular flexibility index (Phi) is 4.78. The topological polar surface area (TPSA) is 60.9 Å². The number of aromatic amines is 1. The molecule has 0 radical (unpaired) electrons. The summed E-state index contributed by atoms with van der Waals surface area (Å²) < 4.78 is 0. The maximum Gasteiger partial charge on any atom is 0.0537 e. The second kappa shape index (κ2) is 5.88. The molecule has 1 aromatic heterocycles. The molecule has 1 heterocycles. The molecule has 15 heavy (non-hydrogen) atoms. The molecule has 86 valence electrons. The van der Waals surface area contributed by atoms with Gasteiger partial charge in [-0.2, -0.15) is 5.10 Å². The van der Waals surface area contributed by atoms with Crippen LogP contribution in [-0.2, 0) is 0 Å². The standard InChI is InChI=1S/C11H21N3O/c1-8(5-4-6-15)13-9(2)11-7-12-14-10(11)3/h7-9,13,15H,4-6H2,1-3H3,(H,12,14). The molecule has 3 N–H and O–H groups in total. The monoisotopic (exact) mass is 211 g/mol. The first-order valence-electron chi connectivity index (χ1n) is 5.52. The number of rotatable bonds is 6. The molecule has 4 nitrogen and oxygen atoms in total. The van der Waals surface area contributed by atoms with Gasteiger partial charge in [0.2, 0.25) is 0 Å². The van der Waals surface area contributed by atoms with E-state index in [0.717, 1.165) is 18.5 Å². The number of aryl methyl sites for hydroxylation is 1. The fourth-order valence-electron chi connectivity index (χ4n) is 1.79. The van der Waals surface area contributed by atoms with Gasteiger partial charge in [0.05, 0.1) is 6.20 Å². The number of hydrogen-bond donors (Lipinski definition) is 3. The summed E-state index contributed by atoms with van der Waals surface area (Å²) in [5.74, 6) is 0. The summed E-state index contributed by atoms with van der Waals surface area (Å²) in [6.45, 7) is 6.57. The maximum atomic E-state index is 8.73. The first-order chi connectivity index (χ1) is 7.15. The maximum absolute atomic E-state index is 8.73. The van der Waals surface area contributed by atoms with Crippen LogP contribution in [0.25, 0.3) is 0 Å². The van der Waals surface area contributed by atoms with Crippen LogP contribution in [0, 0.1) is 6.92 Å². The Bertz CT molecular complexity index is 285. The fraction of sp³-hybridized carbons (Fsp3) is 0.727. The van der Waals surface area contributed by atoms with Gasteiger partial charge in [0, 0.05) is 29.9 Å². The highest BCUT2D eigenvalue weighted by Crippen LogP contribution is 2.15. The lowest BCUT2D eigenvalue weighted by Crippen LogP contribution is -2.29. The van der Waals surface area contributed by atoms with Crippen molar-refractivity contribution in [3.8, 4) is 0 Å². The summed E-state index contributed by atoms with van der Waals surface area (Å²) >= 11 is 0. The van der Waals surface area contributed by atoms with E-state index in [-0.39, 0.29) is 6.61 Å². The van der Waals surface area contributed by atoms with Crippen molar-refractivity contribution in [1.82, 2.24) is 15.5 Å². The van der Waals surface area contributed by atoms with E-state index in [4.69, 9.17) is 5.11 Å². The Morgan fingerprint density at radius 1 is 1.53 bits per heavy atom. The van der Waals surface area contributed by atoms with E-state index in [1.165, 1.54) is 5.56 Å². The predicted octanol–water partition coefficient (Wildman–Crippen LogP) is 1.53. The second-order valence-electron chi connectivity index (χ2n) is 4.11. The summed E-state index contributed by atoms with van der Waals surface area (Å²) in [6.07, 6.45) is 3.72. The SMILES string of the molecule is Cc1[nH]ncc1C(C)NC(C)CCCO. The van der Waals surface area contributed by atoms with Crippen LogP contribution >= 0.6 is 0 Å². The molecule has 0 spiro atoms. The van der Waals surface area contributed by atoms with Crippen LogP contribution in [0.15, 0.2) is 6.20 Å². The summed E-state index contributed by atoms with van der Waals surface area (Å²) in [5, 5.41) is 19.2. The number of H-pyrrole nitrogens is 1. The molecule has 2 unspecified atom stereocenters. The molecule has 0 aliphatic carbocycles. The molecular weight excluding hydrogens is 190 g/mol. The quantitative estimate of drug-likeness (QED) is 0.668. The largest absolute Gasteiger partial charge is 0.396 e. The van der Waals surface area contributed by atoms with Gasteiger partial charge in [-0.15, -0.1) is 0 Å². The van der Waals surface area contributed by atoms with Gasteiger partial charge in [-0.05, 0) is 33.6 Å². The van der Waals surface area contributed by atoms with E-state index in [9.17, 15) is 0 Å². The van der Waals surface area contributed by atoms with Crippen LogP contribution in [0.3, 0.4) is 0 Å². The molecule has 0 amide bonds. The lowest BCUT2D eigenvalue weighted by molar-refractivity contribution is 0.274. The molecule has 0 bridgehead atoms. The molecule has 2 atom stereocenters. The highest BCUT2D eigenvalue weighted by molar-refractivity contribution is 5.18. The molecule has 1 aromatic rings. The average molecular weight is 211 g/mol. The molecule has 1 rings (SSSR count). The van der Waals surface area contributed by atoms with Crippen molar-refractivity contribution in [2.45, 2.75) is 45.7 Å². The zero-order valence-corrected chi connectivity index (χ0v) is 9.75. The van der Waals surface area contributed by atoms with Crippen molar-refractivity contribution in [3.05, 3.63) is 17.5 Å². The summed E-state index contributed by atoms with van der Waals surface area (Å²) in [6, 6.07) is 0.721. The molecule has 0 saturated carbocycles. The lowest BCUT2D eigenvalue weighted by Gasteiger charge is -2.19. The van der Waals surface area contributed by atoms with E-state index < -0.39 is 0 Å². The molecule has 0 fully saturated rings. The van der Waals surface area contributed by atoms with Gasteiger partial charge in [-0.1, -0.05) is 0 Å². The second-order valence-corrected chi connectivity index (χ2v) is 4.11. The van der Waals surface area contributed by atoms with Crippen LogP contribution in [0.2, 0.25) is 0 Å². The van der Waals surface area contributed by atoms with Gasteiger partial charge in [-0.3, -0.25) is 5.10 Å². The van der Waals surface area contributed by atoms with Gasteiger partial charge in [0.15, 0.2) is 0 Å². The first kappa shape index (κ1) is 12.2. The van der Waals surface area contributed by atoms with E-state index in [2.05, 4.69) is 29.4 Å². The van der Waals surface area contributed by atoms with Crippen LogP contribution in [0.4, 0.5) is 0 Å². The van der Waals surface area contributed by atoms with Crippen molar-refractivity contribution in [3.63, 3.8) is 0 Å². The normalized spacial score (nSPS) is 15.2. The number of nitrogens with zero attached hydrogens (tertiary/aromatic N) is 1. The third-order valence-electron chi connectivity index (χ3n) is 2.67. The van der Waals surface area contributed by atoms with Crippen molar-refractivity contribution in [2.24, 2.45) is 0 Å². The van der Waals surface area contributed by atoms with Crippen LogP contribution in [0.1, 0.15) is 44.0 Å². The zero-order chi connectivity index (χ0) is 11.3. The highest BCUT2D eigenvalue weighted by Gasteiger charge is 2.12. The minimum absolute atomic E-state index is 0.269. The van der Waals surface area contributed by atoms with Gasteiger partial charge in [0.25, 0.3) is 0 Å². The summed E-state index contributed by atoms with van der Waals surface area (Å²) in [4.78, 5) is 0. The smallest absolute Gasteiger partial charge is 0.0537 e. The molecular formula is C11H21N3O. The molecule has 0 aromatic carbocycles. The fourth-order valence-corrected chi connectivity index (χ4v) is 1.79. The summed E-state index contributed by atoms with van der Waals surface area (Å²) in [5.41, 5.74) is 2.33. The van der Waals surface area contributed by atoms with Gasteiger partial charge in [0.1, 0.15) is 0 Å². The van der Waals surface area contributed by atoms with E-state index in [0.29, 0.717) is 12.1 Å². The molecule has 0 aliphatic heterocycles. The lowest BCUT2D eigenvalue weighted by atomic mass is 10.1. The van der Waals surface area contributed by atoms with Crippen molar-refractivity contribution in [2.75, 3.05) is 6.61 Å². The van der Waals surface area contributed by atoms with E-state index >= 15 is 0 Å². The minimum Gasteiger partial charge on any atom is -0.396 e. The molecule has 4 heteroatoms. The van der Waals surface area contributed by atoms with Crippen molar-refractivity contribution in [1.29, 1.82) is 0 Å².